The molecule has 4 fully saturated rings. The Hall–Kier alpha value is -0.640. The van der Waals surface area contributed by atoms with Crippen molar-refractivity contribution in [3.05, 3.63) is 11.8 Å². The van der Waals surface area contributed by atoms with E-state index in [0.29, 0.717) is 22.3 Å². The molecule has 4 aliphatic rings. The summed E-state index contributed by atoms with van der Waals surface area (Å²) >= 11 is 2.09. The Labute approximate surface area is 143 Å². The van der Waals surface area contributed by atoms with E-state index in [4.69, 9.17) is 9.47 Å². The summed E-state index contributed by atoms with van der Waals surface area (Å²) in [5.41, 5.74) is 0.0312. The van der Waals surface area contributed by atoms with Crippen molar-refractivity contribution < 1.29 is 14.3 Å². The van der Waals surface area contributed by atoms with Crippen LogP contribution in [-0.2, 0) is 14.3 Å². The molecule has 23 heavy (non-hydrogen) atoms. The molecule has 0 radical (unpaired) electrons. The van der Waals surface area contributed by atoms with Crippen molar-refractivity contribution >= 4 is 17.7 Å². The highest BCUT2D eigenvalue weighted by Gasteiger charge is 2.83. The molecule has 4 heteroatoms. The van der Waals surface area contributed by atoms with Crippen LogP contribution in [0.3, 0.4) is 0 Å². The van der Waals surface area contributed by atoms with Gasteiger partial charge >= 0.3 is 5.97 Å². The standard InChI is InChI=1S/C19H28O3S/c1-6-12-9-18(7-2)17-15(12)16-10(3)23-11(4)19(16,17)13(22-18)8-14(20)21-5/h8,10-12,15-17H,6-7,9H2,1-5H3/b13-8-/t10-,11-,12+,15+,16+,17-,18+,19-/m0/s1. The molecule has 2 heterocycles. The third-order valence-corrected chi connectivity index (χ3v) is 9.02. The van der Waals surface area contributed by atoms with E-state index in [2.05, 4.69) is 39.5 Å². The summed E-state index contributed by atoms with van der Waals surface area (Å²) in [7, 11) is 1.45. The van der Waals surface area contributed by atoms with Crippen molar-refractivity contribution in [3.63, 3.8) is 0 Å². The highest BCUT2D eigenvalue weighted by atomic mass is 32.2. The molecule has 2 aliphatic carbocycles. The summed E-state index contributed by atoms with van der Waals surface area (Å²) in [5.74, 6) is 3.48. The summed E-state index contributed by atoms with van der Waals surface area (Å²) in [4.78, 5) is 12.0. The molecule has 8 atom stereocenters. The zero-order chi connectivity index (χ0) is 16.6. The smallest absolute Gasteiger partial charge is 0.333 e. The number of thioether (sulfide) groups is 1. The lowest BCUT2D eigenvalue weighted by Gasteiger charge is -2.57. The van der Waals surface area contributed by atoms with Crippen molar-refractivity contribution in [3.8, 4) is 0 Å². The van der Waals surface area contributed by atoms with Crippen molar-refractivity contribution in [2.24, 2.45) is 29.1 Å². The van der Waals surface area contributed by atoms with Gasteiger partial charge in [0.2, 0.25) is 0 Å². The van der Waals surface area contributed by atoms with Gasteiger partial charge in [-0.05, 0) is 30.6 Å². The second-order valence-corrected chi connectivity index (χ2v) is 9.64. The van der Waals surface area contributed by atoms with E-state index in [0.717, 1.165) is 30.4 Å². The van der Waals surface area contributed by atoms with Gasteiger partial charge in [0.25, 0.3) is 0 Å². The van der Waals surface area contributed by atoms with E-state index in [1.807, 2.05) is 0 Å². The predicted molar refractivity (Wildman–Crippen MR) is 92.0 cm³/mol. The molecular weight excluding hydrogens is 308 g/mol. The number of allylic oxidation sites excluding steroid dienone is 1. The summed E-state index contributed by atoms with van der Waals surface area (Å²) in [6, 6.07) is 0. The Morgan fingerprint density at radius 2 is 2.17 bits per heavy atom. The van der Waals surface area contributed by atoms with E-state index in [-0.39, 0.29) is 17.0 Å². The number of hydrogen-bond acceptors (Lipinski definition) is 4. The normalized spacial score (nSPS) is 54.4. The van der Waals surface area contributed by atoms with Crippen LogP contribution in [0.15, 0.2) is 11.8 Å². The van der Waals surface area contributed by atoms with Crippen LogP contribution in [0.1, 0.15) is 47.0 Å². The van der Waals surface area contributed by atoms with E-state index >= 15 is 0 Å². The third-order valence-electron chi connectivity index (χ3n) is 7.49. The van der Waals surface area contributed by atoms with Crippen molar-refractivity contribution in [1.82, 2.24) is 0 Å². The lowest BCUT2D eigenvalue weighted by atomic mass is 9.43. The molecule has 128 valence electrons. The summed E-state index contributed by atoms with van der Waals surface area (Å²) in [5, 5.41) is 1.17. The van der Waals surface area contributed by atoms with Gasteiger partial charge in [-0.25, -0.2) is 4.79 Å². The topological polar surface area (TPSA) is 35.5 Å². The van der Waals surface area contributed by atoms with Crippen LogP contribution in [0.25, 0.3) is 0 Å². The monoisotopic (exact) mass is 336 g/mol. The number of methoxy groups -OCH3 is 1. The average Bonchev–Trinajstić information content (AvgIpc) is 2.97. The lowest BCUT2D eigenvalue weighted by Crippen LogP contribution is -2.60. The minimum atomic E-state index is -0.272. The molecule has 4 rings (SSSR count). The summed E-state index contributed by atoms with van der Waals surface area (Å²) < 4.78 is 11.6. The van der Waals surface area contributed by atoms with Gasteiger partial charge in [0, 0.05) is 16.4 Å². The molecule has 2 saturated heterocycles. The maximum absolute atomic E-state index is 12.0. The molecule has 2 aliphatic heterocycles. The van der Waals surface area contributed by atoms with Crippen LogP contribution in [-0.4, -0.2) is 29.2 Å². The quantitative estimate of drug-likeness (QED) is 0.576. The highest BCUT2D eigenvalue weighted by molar-refractivity contribution is 8.00. The largest absolute Gasteiger partial charge is 0.490 e. The SMILES string of the molecule is CC[C@@H]1C[C@@]2(CC)O/C(=C\C(=O)OC)[C@@]34[C@@H]([C@@H]1[C@@H]23)[C@H](C)S[C@H]4C. The van der Waals surface area contributed by atoms with E-state index in [1.54, 1.807) is 6.08 Å². The third kappa shape index (κ3) is 1.62. The maximum Gasteiger partial charge on any atom is 0.333 e. The number of fused-ring (bicyclic) bond motifs is 1. The van der Waals surface area contributed by atoms with Gasteiger partial charge < -0.3 is 9.47 Å². The first-order valence-electron chi connectivity index (χ1n) is 9.10. The van der Waals surface area contributed by atoms with Crippen LogP contribution in [0.5, 0.6) is 0 Å². The average molecular weight is 336 g/mol. The second-order valence-electron chi connectivity index (χ2n) is 7.92. The van der Waals surface area contributed by atoms with Gasteiger partial charge in [-0.2, -0.15) is 11.8 Å². The first kappa shape index (κ1) is 15.9. The number of carbonyl (C=O) groups excluding carboxylic acids is 1. The summed E-state index contributed by atoms with van der Waals surface area (Å²) in [6.07, 6.45) is 5.12. The van der Waals surface area contributed by atoms with Gasteiger partial charge in [-0.15, -0.1) is 0 Å². The van der Waals surface area contributed by atoms with Crippen molar-refractivity contribution in [2.45, 2.75) is 63.1 Å². The highest BCUT2D eigenvalue weighted by Crippen LogP contribution is 2.83. The van der Waals surface area contributed by atoms with Crippen LogP contribution < -0.4 is 0 Å². The first-order valence-corrected chi connectivity index (χ1v) is 10.0. The molecule has 0 bridgehead atoms. The number of hydrogen-bond donors (Lipinski definition) is 0. The molecule has 0 N–H and O–H groups in total. The molecule has 0 unspecified atom stereocenters. The zero-order valence-corrected chi connectivity index (χ0v) is 15.6. The van der Waals surface area contributed by atoms with Crippen LogP contribution >= 0.6 is 11.8 Å². The molecule has 0 amide bonds. The van der Waals surface area contributed by atoms with Crippen LogP contribution in [0, 0.1) is 29.1 Å². The zero-order valence-electron chi connectivity index (χ0n) is 14.8. The lowest BCUT2D eigenvalue weighted by molar-refractivity contribution is -0.135. The van der Waals surface area contributed by atoms with Crippen LogP contribution in [0.2, 0.25) is 0 Å². The Kier molecular flexibility index (Phi) is 3.40. The molecule has 1 spiro atoms. The molecule has 2 saturated carbocycles. The molecule has 3 nitrogen and oxygen atoms in total. The fourth-order valence-corrected chi connectivity index (χ4v) is 8.70. The minimum absolute atomic E-state index is 0.0411. The van der Waals surface area contributed by atoms with E-state index in [1.165, 1.54) is 13.5 Å². The Morgan fingerprint density at radius 3 is 2.78 bits per heavy atom. The van der Waals surface area contributed by atoms with E-state index < -0.39 is 0 Å². The predicted octanol–water partition coefficient (Wildman–Crippen LogP) is 4.02. The molecule has 0 aromatic carbocycles. The van der Waals surface area contributed by atoms with Crippen LogP contribution in [0.4, 0.5) is 0 Å². The Bertz CT molecular complexity index is 573. The molecule has 0 aromatic rings. The molecular formula is C19H28O3S. The van der Waals surface area contributed by atoms with Crippen molar-refractivity contribution in [2.75, 3.05) is 7.11 Å². The molecule has 0 aromatic heterocycles. The minimum Gasteiger partial charge on any atom is -0.490 e. The number of rotatable bonds is 3. The number of ether oxygens (including phenoxy) is 2. The van der Waals surface area contributed by atoms with Gasteiger partial charge in [0.05, 0.1) is 18.6 Å². The number of carbonyl (C=O) groups is 1. The summed E-state index contributed by atoms with van der Waals surface area (Å²) in [6.45, 7) is 9.31. The fraction of sp³-hybridized carbons (Fsp3) is 0.842. The Balaban J connectivity index is 1.85. The Morgan fingerprint density at radius 1 is 1.43 bits per heavy atom. The van der Waals surface area contributed by atoms with Gasteiger partial charge in [-0.1, -0.05) is 34.1 Å². The van der Waals surface area contributed by atoms with Crippen molar-refractivity contribution in [1.29, 1.82) is 0 Å². The van der Waals surface area contributed by atoms with E-state index in [9.17, 15) is 4.79 Å². The number of esters is 1. The van der Waals surface area contributed by atoms with Gasteiger partial charge in [0.15, 0.2) is 0 Å². The maximum atomic E-state index is 12.0. The second kappa shape index (κ2) is 4.93. The first-order chi connectivity index (χ1) is 11.0. The fourth-order valence-electron chi connectivity index (χ4n) is 6.84. The van der Waals surface area contributed by atoms with Gasteiger partial charge in [-0.3, -0.25) is 0 Å². The van der Waals surface area contributed by atoms with Gasteiger partial charge in [0.1, 0.15) is 11.4 Å².